The number of nitrogens with one attached hydrogen (secondary N) is 1. The van der Waals surface area contributed by atoms with Gasteiger partial charge in [0, 0.05) is 23.7 Å². The van der Waals surface area contributed by atoms with E-state index < -0.39 is 32.4 Å². The fourth-order valence-electron chi connectivity index (χ4n) is 3.41. The molecule has 4 aromatic rings. The molecule has 3 aromatic carbocycles. The molecule has 0 saturated heterocycles. The minimum atomic E-state index is -4.52. The van der Waals surface area contributed by atoms with E-state index in [4.69, 9.17) is 19.9 Å². The third-order valence-corrected chi connectivity index (χ3v) is 6.58. The maximum absolute atomic E-state index is 14.9. The summed E-state index contributed by atoms with van der Waals surface area (Å²) in [5.74, 6) is -2.07. The lowest BCUT2D eigenvalue weighted by molar-refractivity contribution is 0.292. The van der Waals surface area contributed by atoms with Crippen LogP contribution < -0.4 is 24.7 Å². The third kappa shape index (κ3) is 6.39. The van der Waals surface area contributed by atoms with Crippen LogP contribution in [0.4, 0.5) is 18.9 Å². The Morgan fingerprint density at radius 1 is 0.921 bits per heavy atom. The van der Waals surface area contributed by atoms with Gasteiger partial charge in [0.15, 0.2) is 23.1 Å². The number of anilines is 1. The van der Waals surface area contributed by atoms with Crippen molar-refractivity contribution in [2.24, 2.45) is 5.73 Å². The first kappa shape index (κ1) is 28.8. The fourth-order valence-corrected chi connectivity index (χ4v) is 4.55. The predicted molar refractivity (Wildman–Crippen MR) is 138 cm³/mol. The number of ether oxygens (including phenoxy) is 3. The topological polar surface area (TPSA) is 113 Å². The van der Waals surface area contributed by atoms with Gasteiger partial charge in [-0.3, -0.25) is 9.71 Å². The molecule has 0 atom stereocenters. The van der Waals surface area contributed by atoms with Crippen molar-refractivity contribution < 1.29 is 35.8 Å². The molecule has 202 valence electrons. The summed E-state index contributed by atoms with van der Waals surface area (Å²) >= 11 is 0. The van der Waals surface area contributed by atoms with Gasteiger partial charge >= 0.3 is 0 Å². The molecule has 3 N–H and O–H groups in total. The monoisotopic (exact) mass is 569 g/mol. The highest BCUT2D eigenvalue weighted by atomic mass is 35.5. The van der Waals surface area contributed by atoms with Crippen molar-refractivity contribution in [2.45, 2.75) is 11.3 Å². The number of rotatable bonds is 10. The van der Waals surface area contributed by atoms with Crippen molar-refractivity contribution in [3.8, 4) is 23.0 Å². The van der Waals surface area contributed by atoms with Gasteiger partial charge in [-0.2, -0.15) is 0 Å². The highest BCUT2D eigenvalue weighted by molar-refractivity contribution is 7.92. The first-order chi connectivity index (χ1) is 17.7. The minimum absolute atomic E-state index is 0. The molecule has 8 nitrogen and oxygen atoms in total. The van der Waals surface area contributed by atoms with Crippen molar-refractivity contribution in [3.63, 3.8) is 0 Å². The Balaban J connectivity index is 0.00000400. The van der Waals surface area contributed by atoms with Crippen molar-refractivity contribution in [2.75, 3.05) is 25.0 Å². The molecule has 0 amide bonds. The van der Waals surface area contributed by atoms with E-state index in [2.05, 4.69) is 4.98 Å². The smallest absolute Gasteiger partial charge is 0.264 e. The lowest BCUT2D eigenvalue weighted by atomic mass is 10.1. The van der Waals surface area contributed by atoms with Gasteiger partial charge in [0.05, 0.1) is 24.9 Å². The quantitative estimate of drug-likeness (QED) is 0.246. The number of nitrogens with zero attached hydrogens (tertiary/aromatic N) is 1. The number of aromatic nitrogens is 1. The SMILES string of the molecule is COc1cc2c(Oc3ccc(NS(=O)(=O)c4cc(F)ccc4F)cc3F)ccnc2cc1OCCCN.Cl. The van der Waals surface area contributed by atoms with Crippen LogP contribution in [0.2, 0.25) is 0 Å². The Bertz CT molecular complexity index is 1560. The van der Waals surface area contributed by atoms with Crippen LogP contribution in [0.15, 0.2) is 65.7 Å². The summed E-state index contributed by atoms with van der Waals surface area (Å²) in [6, 6.07) is 10.1. The molecule has 1 aromatic heterocycles. The van der Waals surface area contributed by atoms with E-state index in [0.29, 0.717) is 54.1 Å². The molecule has 0 aliphatic heterocycles. The number of sulfonamides is 1. The number of halogens is 4. The molecule has 13 heteroatoms. The minimum Gasteiger partial charge on any atom is -0.493 e. The van der Waals surface area contributed by atoms with E-state index in [1.807, 2.05) is 4.72 Å². The second-order valence-electron chi connectivity index (χ2n) is 7.75. The third-order valence-electron chi connectivity index (χ3n) is 5.18. The van der Waals surface area contributed by atoms with Gasteiger partial charge in [-0.15, -0.1) is 12.4 Å². The Hall–Kier alpha value is -3.74. The van der Waals surface area contributed by atoms with E-state index >= 15 is 0 Å². The summed E-state index contributed by atoms with van der Waals surface area (Å²) in [5, 5.41) is 0.510. The van der Waals surface area contributed by atoms with Crippen molar-refractivity contribution >= 4 is 39.0 Å². The van der Waals surface area contributed by atoms with E-state index in [0.717, 1.165) is 12.1 Å². The number of methoxy groups -OCH3 is 1. The molecule has 38 heavy (non-hydrogen) atoms. The first-order valence-electron chi connectivity index (χ1n) is 11.0. The Kier molecular flexibility index (Phi) is 9.26. The average Bonchev–Trinajstić information content (AvgIpc) is 2.86. The van der Waals surface area contributed by atoms with Gasteiger partial charge in [0.25, 0.3) is 10.0 Å². The Morgan fingerprint density at radius 3 is 2.42 bits per heavy atom. The van der Waals surface area contributed by atoms with Gasteiger partial charge in [-0.1, -0.05) is 0 Å². The lowest BCUT2D eigenvalue weighted by Crippen LogP contribution is -2.15. The number of benzene rings is 3. The zero-order valence-electron chi connectivity index (χ0n) is 19.9. The summed E-state index contributed by atoms with van der Waals surface area (Å²) in [4.78, 5) is 3.39. The van der Waals surface area contributed by atoms with Crippen molar-refractivity contribution in [3.05, 3.63) is 78.2 Å². The van der Waals surface area contributed by atoms with E-state index in [9.17, 15) is 21.6 Å². The van der Waals surface area contributed by atoms with Crippen LogP contribution in [0.25, 0.3) is 10.9 Å². The second kappa shape index (κ2) is 12.2. The molecule has 0 unspecified atom stereocenters. The molecule has 0 aliphatic rings. The molecular weight excluding hydrogens is 547 g/mol. The number of pyridine rings is 1. The maximum Gasteiger partial charge on any atom is 0.264 e. The molecule has 0 spiro atoms. The van der Waals surface area contributed by atoms with Crippen molar-refractivity contribution in [1.82, 2.24) is 4.98 Å². The molecule has 0 saturated carbocycles. The fraction of sp³-hybridized carbons (Fsp3) is 0.160. The normalized spacial score (nSPS) is 11.1. The standard InChI is InChI=1S/C25H22F3N3O5S.ClH/c1-34-23-13-17-20(14-24(23)35-10-2-8-29)30-9-7-21(17)36-22-6-4-16(12-19(22)28)31-37(32,33)25-11-15(26)3-5-18(25)27;/h3-7,9,11-14,31H,2,8,10,29H2,1H3;1H. The summed E-state index contributed by atoms with van der Waals surface area (Å²) in [5.41, 5.74) is 5.79. The molecule has 0 aliphatic carbocycles. The predicted octanol–water partition coefficient (Wildman–Crippen LogP) is 5.40. The molecule has 0 radical (unpaired) electrons. The number of nitrogens with two attached hydrogens (primary N) is 1. The molecular formula is C25H23ClF3N3O5S. The van der Waals surface area contributed by atoms with Crippen LogP contribution in [0.5, 0.6) is 23.0 Å². The largest absolute Gasteiger partial charge is 0.493 e. The average molecular weight is 570 g/mol. The van der Waals surface area contributed by atoms with Crippen LogP contribution in [-0.2, 0) is 10.0 Å². The van der Waals surface area contributed by atoms with Crippen LogP contribution in [0.1, 0.15) is 6.42 Å². The summed E-state index contributed by atoms with van der Waals surface area (Å²) in [6.07, 6.45) is 2.13. The van der Waals surface area contributed by atoms with Crippen LogP contribution in [0, 0.1) is 17.5 Å². The molecule has 1 heterocycles. The molecule has 0 fully saturated rings. The first-order valence-corrected chi connectivity index (χ1v) is 12.4. The van der Waals surface area contributed by atoms with E-state index in [1.54, 1.807) is 12.1 Å². The van der Waals surface area contributed by atoms with Gasteiger partial charge in [-0.25, -0.2) is 21.6 Å². The number of hydrogen-bond donors (Lipinski definition) is 2. The van der Waals surface area contributed by atoms with Gasteiger partial charge in [0.1, 0.15) is 22.3 Å². The van der Waals surface area contributed by atoms with Crippen LogP contribution >= 0.6 is 12.4 Å². The lowest BCUT2D eigenvalue weighted by Gasteiger charge is -2.14. The highest BCUT2D eigenvalue weighted by Gasteiger charge is 2.21. The Labute approximate surface area is 223 Å². The van der Waals surface area contributed by atoms with E-state index in [1.165, 1.54) is 31.5 Å². The van der Waals surface area contributed by atoms with Gasteiger partial charge in [0.2, 0.25) is 0 Å². The van der Waals surface area contributed by atoms with Crippen LogP contribution in [-0.4, -0.2) is 33.7 Å². The Morgan fingerprint density at radius 2 is 1.71 bits per heavy atom. The zero-order valence-corrected chi connectivity index (χ0v) is 21.5. The zero-order chi connectivity index (χ0) is 26.6. The second-order valence-corrected chi connectivity index (χ2v) is 9.40. The van der Waals surface area contributed by atoms with Crippen LogP contribution in [0.3, 0.4) is 0 Å². The highest BCUT2D eigenvalue weighted by Crippen LogP contribution is 2.38. The van der Waals surface area contributed by atoms with E-state index in [-0.39, 0.29) is 29.6 Å². The summed E-state index contributed by atoms with van der Waals surface area (Å²) < 4.78 is 86.1. The summed E-state index contributed by atoms with van der Waals surface area (Å²) in [7, 11) is -3.04. The maximum atomic E-state index is 14.9. The van der Waals surface area contributed by atoms with Crippen molar-refractivity contribution in [1.29, 1.82) is 0 Å². The molecule has 4 rings (SSSR count). The summed E-state index contributed by atoms with van der Waals surface area (Å²) in [6.45, 7) is 0.862. The molecule has 0 bridgehead atoms. The number of fused-ring (bicyclic) bond motifs is 1. The number of hydrogen-bond acceptors (Lipinski definition) is 7. The van der Waals surface area contributed by atoms with Gasteiger partial charge < -0.3 is 19.9 Å². The van der Waals surface area contributed by atoms with Gasteiger partial charge in [-0.05, 0) is 55.4 Å².